The van der Waals surface area contributed by atoms with Gasteiger partial charge in [-0.05, 0) is 35.7 Å². The number of nitrogens with one attached hydrogen (secondary N) is 1. The van der Waals surface area contributed by atoms with Crippen LogP contribution in [0.25, 0.3) is 0 Å². The van der Waals surface area contributed by atoms with Gasteiger partial charge in [0.1, 0.15) is 0 Å². The number of carbonyl (C=O) groups excluding carboxylic acids is 2. The lowest BCUT2D eigenvalue weighted by Gasteiger charge is -2.13. The minimum absolute atomic E-state index is 0.180. The zero-order chi connectivity index (χ0) is 19.3. The van der Waals surface area contributed by atoms with Crippen LogP contribution in [0.15, 0.2) is 48.5 Å². The first-order valence-electron chi connectivity index (χ1n) is 7.91. The molecule has 7 heteroatoms. The van der Waals surface area contributed by atoms with Crippen molar-refractivity contribution in [1.29, 1.82) is 0 Å². The largest absolute Gasteiger partial charge is 0.452 e. The molecule has 0 atom stereocenters. The summed E-state index contributed by atoms with van der Waals surface area (Å²) in [5.41, 5.74) is 0.296. The van der Waals surface area contributed by atoms with E-state index in [0.29, 0.717) is 11.8 Å². The Labute approximate surface area is 149 Å². The molecule has 0 fully saturated rings. The van der Waals surface area contributed by atoms with Crippen molar-refractivity contribution in [3.05, 3.63) is 65.2 Å². The fourth-order valence-corrected chi connectivity index (χ4v) is 2.34. The summed E-state index contributed by atoms with van der Waals surface area (Å²) in [6, 6.07) is 11.0. The zero-order valence-electron chi connectivity index (χ0n) is 14.3. The van der Waals surface area contributed by atoms with E-state index in [0.717, 1.165) is 17.7 Å². The number of amides is 1. The van der Waals surface area contributed by atoms with Crippen molar-refractivity contribution in [2.24, 2.45) is 0 Å². The number of hydrogen-bond acceptors (Lipinski definition) is 3. The van der Waals surface area contributed by atoms with Crippen LogP contribution in [0.2, 0.25) is 0 Å². The number of rotatable bonds is 5. The molecule has 0 spiro atoms. The fraction of sp³-hybridized carbons (Fsp3) is 0.263. The summed E-state index contributed by atoms with van der Waals surface area (Å²) >= 11 is 0. The lowest BCUT2D eigenvalue weighted by atomic mass is 10.0. The number of esters is 1. The molecule has 0 aliphatic heterocycles. The van der Waals surface area contributed by atoms with Gasteiger partial charge < -0.3 is 10.1 Å². The maximum Gasteiger partial charge on any atom is 0.416 e. The molecule has 1 amide bonds. The van der Waals surface area contributed by atoms with E-state index in [9.17, 15) is 22.8 Å². The number of anilines is 1. The van der Waals surface area contributed by atoms with E-state index in [1.165, 1.54) is 6.07 Å². The van der Waals surface area contributed by atoms with Gasteiger partial charge >= 0.3 is 12.1 Å². The number of benzene rings is 2. The van der Waals surface area contributed by atoms with Crippen molar-refractivity contribution in [3.63, 3.8) is 0 Å². The smallest absolute Gasteiger partial charge is 0.416 e. The first-order chi connectivity index (χ1) is 12.2. The predicted octanol–water partition coefficient (Wildman–Crippen LogP) is 4.62. The third kappa shape index (κ3) is 5.08. The number of halogens is 3. The van der Waals surface area contributed by atoms with Gasteiger partial charge in [-0.25, -0.2) is 4.79 Å². The Hall–Kier alpha value is -2.83. The Morgan fingerprint density at radius 1 is 1.08 bits per heavy atom. The van der Waals surface area contributed by atoms with Crippen molar-refractivity contribution >= 4 is 17.6 Å². The molecule has 0 radical (unpaired) electrons. The number of carbonyl (C=O) groups is 2. The third-order valence-electron chi connectivity index (χ3n) is 3.62. The summed E-state index contributed by atoms with van der Waals surface area (Å²) in [6.45, 7) is 3.35. The van der Waals surface area contributed by atoms with E-state index < -0.39 is 30.2 Å². The van der Waals surface area contributed by atoms with Crippen molar-refractivity contribution in [2.75, 3.05) is 11.9 Å². The summed E-state index contributed by atoms with van der Waals surface area (Å²) in [6.07, 6.45) is -4.56. The Balaban J connectivity index is 1.99. The van der Waals surface area contributed by atoms with E-state index >= 15 is 0 Å². The van der Waals surface area contributed by atoms with Gasteiger partial charge in [-0.1, -0.05) is 38.1 Å². The van der Waals surface area contributed by atoms with Gasteiger partial charge in [0.25, 0.3) is 5.91 Å². The molecule has 0 aliphatic carbocycles. The maximum absolute atomic E-state index is 12.7. The van der Waals surface area contributed by atoms with Crippen LogP contribution in [0.5, 0.6) is 0 Å². The molecule has 1 N–H and O–H groups in total. The summed E-state index contributed by atoms with van der Waals surface area (Å²) in [7, 11) is 0. The van der Waals surface area contributed by atoms with Crippen molar-refractivity contribution in [1.82, 2.24) is 0 Å². The van der Waals surface area contributed by atoms with E-state index in [1.54, 1.807) is 12.1 Å². The highest BCUT2D eigenvalue weighted by atomic mass is 19.4. The Morgan fingerprint density at radius 2 is 1.77 bits per heavy atom. The molecule has 0 heterocycles. The van der Waals surface area contributed by atoms with Crippen LogP contribution < -0.4 is 5.32 Å². The Morgan fingerprint density at radius 3 is 2.42 bits per heavy atom. The third-order valence-corrected chi connectivity index (χ3v) is 3.62. The summed E-state index contributed by atoms with van der Waals surface area (Å²) < 4.78 is 42.8. The van der Waals surface area contributed by atoms with Crippen molar-refractivity contribution < 1.29 is 27.5 Å². The molecule has 0 bridgehead atoms. The highest BCUT2D eigenvalue weighted by Gasteiger charge is 2.31. The van der Waals surface area contributed by atoms with Crippen LogP contribution >= 0.6 is 0 Å². The van der Waals surface area contributed by atoms with Crippen LogP contribution in [-0.4, -0.2) is 18.5 Å². The lowest BCUT2D eigenvalue weighted by molar-refractivity contribution is -0.137. The first-order valence-corrected chi connectivity index (χ1v) is 7.91. The van der Waals surface area contributed by atoms with Gasteiger partial charge in [0, 0.05) is 5.69 Å². The molecule has 0 saturated carbocycles. The van der Waals surface area contributed by atoms with Gasteiger partial charge in [-0.2, -0.15) is 13.2 Å². The van der Waals surface area contributed by atoms with E-state index in [-0.39, 0.29) is 11.5 Å². The van der Waals surface area contributed by atoms with E-state index in [4.69, 9.17) is 4.74 Å². The lowest BCUT2D eigenvalue weighted by Crippen LogP contribution is -2.22. The van der Waals surface area contributed by atoms with Crippen LogP contribution in [0.3, 0.4) is 0 Å². The predicted molar refractivity (Wildman–Crippen MR) is 90.9 cm³/mol. The fourth-order valence-electron chi connectivity index (χ4n) is 2.34. The van der Waals surface area contributed by atoms with Crippen molar-refractivity contribution in [2.45, 2.75) is 25.9 Å². The second kappa shape index (κ2) is 8.03. The summed E-state index contributed by atoms with van der Waals surface area (Å²) in [5.74, 6) is -1.39. The molecule has 0 aromatic heterocycles. The van der Waals surface area contributed by atoms with Gasteiger partial charge in [0.05, 0.1) is 11.1 Å². The van der Waals surface area contributed by atoms with Crippen molar-refractivity contribution in [3.8, 4) is 0 Å². The molecule has 4 nitrogen and oxygen atoms in total. The van der Waals surface area contributed by atoms with Gasteiger partial charge in [0.2, 0.25) is 0 Å². The van der Waals surface area contributed by atoms with Crippen LogP contribution in [0, 0.1) is 0 Å². The highest BCUT2D eigenvalue weighted by molar-refractivity contribution is 5.96. The normalized spacial score (nSPS) is 11.3. The molecule has 0 unspecified atom stereocenters. The Kier molecular flexibility index (Phi) is 6.02. The number of hydrogen-bond donors (Lipinski definition) is 1. The molecular formula is C19H18F3NO3. The molecule has 138 valence electrons. The topological polar surface area (TPSA) is 55.4 Å². The standard InChI is InChI=1S/C19H18F3NO3/c1-12(2)15-8-3-4-9-16(15)23-17(24)11-26-18(25)13-6-5-7-14(10-13)19(20,21)22/h3-10,12H,11H2,1-2H3,(H,23,24). The number of para-hydroxylation sites is 1. The molecule has 2 rings (SSSR count). The monoisotopic (exact) mass is 365 g/mol. The quantitative estimate of drug-likeness (QED) is 0.787. The number of alkyl halides is 3. The van der Waals surface area contributed by atoms with E-state index in [2.05, 4.69) is 5.32 Å². The van der Waals surface area contributed by atoms with Gasteiger partial charge in [-0.15, -0.1) is 0 Å². The second-order valence-corrected chi connectivity index (χ2v) is 5.94. The van der Waals surface area contributed by atoms with Crippen LogP contribution in [-0.2, 0) is 15.7 Å². The van der Waals surface area contributed by atoms with E-state index in [1.807, 2.05) is 26.0 Å². The average Bonchev–Trinajstić information content (AvgIpc) is 2.59. The SMILES string of the molecule is CC(C)c1ccccc1NC(=O)COC(=O)c1cccc(C(F)(F)F)c1. The molecule has 2 aromatic carbocycles. The highest BCUT2D eigenvalue weighted by Crippen LogP contribution is 2.29. The second-order valence-electron chi connectivity index (χ2n) is 5.94. The molecule has 0 aliphatic rings. The van der Waals surface area contributed by atoms with Crippen LogP contribution in [0.1, 0.15) is 41.3 Å². The average molecular weight is 365 g/mol. The zero-order valence-corrected chi connectivity index (χ0v) is 14.3. The Bertz CT molecular complexity index is 801. The minimum atomic E-state index is -4.56. The van der Waals surface area contributed by atoms with Gasteiger partial charge in [-0.3, -0.25) is 4.79 Å². The van der Waals surface area contributed by atoms with Gasteiger partial charge in [0.15, 0.2) is 6.61 Å². The van der Waals surface area contributed by atoms with Crippen LogP contribution in [0.4, 0.5) is 18.9 Å². The molecular weight excluding hydrogens is 347 g/mol. The minimum Gasteiger partial charge on any atom is -0.452 e. The first kappa shape index (κ1) is 19.5. The molecule has 0 saturated heterocycles. The molecule has 26 heavy (non-hydrogen) atoms. The summed E-state index contributed by atoms with van der Waals surface area (Å²) in [5, 5.41) is 2.64. The maximum atomic E-state index is 12.7. The molecule has 2 aromatic rings. The summed E-state index contributed by atoms with van der Waals surface area (Å²) in [4.78, 5) is 23.9. The number of ether oxygens (including phenoxy) is 1.